The molecule has 0 bridgehead atoms. The maximum Gasteiger partial charge on any atom is 0.338 e. The molecule has 1 spiro atoms. The van der Waals surface area contributed by atoms with Gasteiger partial charge in [-0.3, -0.25) is 0 Å². The SMILES string of the molecule is Cc1cccc(N2CCC3(CC2)CC3)c1C(=O)O. The summed E-state index contributed by atoms with van der Waals surface area (Å²) < 4.78 is 0. The number of hydrogen-bond donors (Lipinski definition) is 1. The first-order chi connectivity index (χ1) is 8.61. The van der Waals surface area contributed by atoms with Crippen LogP contribution in [-0.2, 0) is 0 Å². The number of benzene rings is 1. The van der Waals surface area contributed by atoms with Crippen LogP contribution in [0.3, 0.4) is 0 Å². The van der Waals surface area contributed by atoms with Crippen molar-refractivity contribution in [3.05, 3.63) is 29.3 Å². The molecule has 1 heterocycles. The van der Waals surface area contributed by atoms with Gasteiger partial charge in [0.1, 0.15) is 0 Å². The van der Waals surface area contributed by atoms with Gasteiger partial charge in [0.25, 0.3) is 0 Å². The third-order valence-corrected chi connectivity index (χ3v) is 4.59. The number of hydrogen-bond acceptors (Lipinski definition) is 2. The quantitative estimate of drug-likeness (QED) is 0.870. The predicted molar refractivity (Wildman–Crippen MR) is 71.3 cm³/mol. The standard InChI is InChI=1S/C15H19NO2/c1-11-3-2-4-12(13(11)14(17)18)16-9-7-15(5-6-15)8-10-16/h2-4H,5-10H2,1H3,(H,17,18). The summed E-state index contributed by atoms with van der Waals surface area (Å²) in [5.74, 6) is -0.810. The summed E-state index contributed by atoms with van der Waals surface area (Å²) in [6.07, 6.45) is 5.20. The second kappa shape index (κ2) is 4.01. The van der Waals surface area contributed by atoms with E-state index >= 15 is 0 Å². The zero-order chi connectivity index (χ0) is 12.8. The first-order valence-electron chi connectivity index (χ1n) is 6.69. The van der Waals surface area contributed by atoms with Crippen LogP contribution in [0.2, 0.25) is 0 Å². The van der Waals surface area contributed by atoms with Crippen LogP contribution in [0.1, 0.15) is 41.6 Å². The average molecular weight is 245 g/mol. The Balaban J connectivity index is 1.87. The van der Waals surface area contributed by atoms with E-state index in [9.17, 15) is 9.90 Å². The lowest BCUT2D eigenvalue weighted by molar-refractivity contribution is 0.0696. The van der Waals surface area contributed by atoms with Crippen LogP contribution >= 0.6 is 0 Å². The zero-order valence-electron chi connectivity index (χ0n) is 10.8. The van der Waals surface area contributed by atoms with Crippen molar-refractivity contribution >= 4 is 11.7 Å². The van der Waals surface area contributed by atoms with E-state index in [0.717, 1.165) is 24.3 Å². The highest BCUT2D eigenvalue weighted by atomic mass is 16.4. The molecule has 3 nitrogen and oxygen atoms in total. The summed E-state index contributed by atoms with van der Waals surface area (Å²) in [4.78, 5) is 13.6. The maximum atomic E-state index is 11.4. The Morgan fingerprint density at radius 3 is 2.44 bits per heavy atom. The van der Waals surface area contributed by atoms with E-state index in [2.05, 4.69) is 4.90 Å². The number of piperidine rings is 1. The van der Waals surface area contributed by atoms with Gasteiger partial charge in [0.05, 0.1) is 11.3 Å². The molecule has 0 unspecified atom stereocenters. The Kier molecular flexibility index (Phi) is 2.58. The Bertz CT molecular complexity index is 481. The molecule has 1 aliphatic carbocycles. The van der Waals surface area contributed by atoms with Crippen LogP contribution in [0.25, 0.3) is 0 Å². The Labute approximate surface area is 107 Å². The highest BCUT2D eigenvalue weighted by Crippen LogP contribution is 2.54. The van der Waals surface area contributed by atoms with Crippen molar-refractivity contribution in [1.29, 1.82) is 0 Å². The molecule has 2 aliphatic rings. The molecule has 0 radical (unpaired) electrons. The van der Waals surface area contributed by atoms with Crippen LogP contribution in [0.5, 0.6) is 0 Å². The number of aryl methyl sites for hydroxylation is 1. The van der Waals surface area contributed by atoms with Gasteiger partial charge in [0.15, 0.2) is 0 Å². The number of carboxylic acids is 1. The number of rotatable bonds is 2. The molecule has 0 amide bonds. The number of nitrogens with zero attached hydrogens (tertiary/aromatic N) is 1. The monoisotopic (exact) mass is 245 g/mol. The molecule has 18 heavy (non-hydrogen) atoms. The summed E-state index contributed by atoms with van der Waals surface area (Å²) >= 11 is 0. The average Bonchev–Trinajstić information content (AvgIpc) is 3.09. The minimum absolute atomic E-state index is 0.476. The molecular formula is C15H19NO2. The lowest BCUT2D eigenvalue weighted by Crippen LogP contribution is -2.35. The smallest absolute Gasteiger partial charge is 0.338 e. The lowest BCUT2D eigenvalue weighted by Gasteiger charge is -2.34. The minimum atomic E-state index is -0.810. The van der Waals surface area contributed by atoms with Crippen LogP contribution in [0, 0.1) is 12.3 Å². The van der Waals surface area contributed by atoms with Crippen molar-refractivity contribution in [3.63, 3.8) is 0 Å². The van der Waals surface area contributed by atoms with Gasteiger partial charge in [-0.25, -0.2) is 4.79 Å². The van der Waals surface area contributed by atoms with Gasteiger partial charge in [-0.05, 0) is 49.7 Å². The van der Waals surface area contributed by atoms with Gasteiger partial charge < -0.3 is 10.0 Å². The van der Waals surface area contributed by atoms with Gasteiger partial charge in [-0.1, -0.05) is 12.1 Å². The maximum absolute atomic E-state index is 11.4. The molecule has 0 atom stereocenters. The molecule has 1 saturated carbocycles. The summed E-state index contributed by atoms with van der Waals surface area (Å²) in [6, 6.07) is 5.78. The van der Waals surface area contributed by atoms with E-state index < -0.39 is 5.97 Å². The fourth-order valence-corrected chi connectivity index (χ4v) is 3.09. The van der Waals surface area contributed by atoms with Gasteiger partial charge in [-0.15, -0.1) is 0 Å². The molecule has 1 aliphatic heterocycles. The molecule has 96 valence electrons. The molecule has 1 N–H and O–H groups in total. The fraction of sp³-hybridized carbons (Fsp3) is 0.533. The van der Waals surface area contributed by atoms with Crippen molar-refractivity contribution in [2.75, 3.05) is 18.0 Å². The normalized spacial score (nSPS) is 21.1. The van der Waals surface area contributed by atoms with Gasteiger partial charge >= 0.3 is 5.97 Å². The largest absolute Gasteiger partial charge is 0.478 e. The van der Waals surface area contributed by atoms with Crippen LogP contribution < -0.4 is 4.90 Å². The number of aromatic carboxylic acids is 1. The predicted octanol–water partition coefficient (Wildman–Crippen LogP) is 3.07. The van der Waals surface area contributed by atoms with E-state index in [4.69, 9.17) is 0 Å². The van der Waals surface area contributed by atoms with E-state index in [1.807, 2.05) is 25.1 Å². The van der Waals surface area contributed by atoms with Gasteiger partial charge in [0, 0.05) is 13.1 Å². The molecule has 3 heteroatoms. The fourth-order valence-electron chi connectivity index (χ4n) is 3.09. The molecular weight excluding hydrogens is 226 g/mol. The third kappa shape index (κ3) is 1.88. The van der Waals surface area contributed by atoms with Crippen molar-refractivity contribution < 1.29 is 9.90 Å². The zero-order valence-corrected chi connectivity index (χ0v) is 10.8. The van der Waals surface area contributed by atoms with Crippen LogP contribution in [-0.4, -0.2) is 24.2 Å². The number of carbonyl (C=O) groups is 1. The second-order valence-electron chi connectivity index (χ2n) is 5.76. The van der Waals surface area contributed by atoms with Gasteiger partial charge in [0.2, 0.25) is 0 Å². The molecule has 3 rings (SSSR count). The molecule has 2 fully saturated rings. The van der Waals surface area contributed by atoms with Crippen molar-refractivity contribution in [2.24, 2.45) is 5.41 Å². The molecule has 1 aromatic rings. The summed E-state index contributed by atoms with van der Waals surface area (Å²) in [7, 11) is 0. The van der Waals surface area contributed by atoms with Crippen molar-refractivity contribution in [3.8, 4) is 0 Å². The van der Waals surface area contributed by atoms with Crippen LogP contribution in [0.4, 0.5) is 5.69 Å². The van der Waals surface area contributed by atoms with E-state index in [0.29, 0.717) is 11.0 Å². The second-order valence-corrected chi connectivity index (χ2v) is 5.76. The number of anilines is 1. The first kappa shape index (κ1) is 11.6. The highest BCUT2D eigenvalue weighted by Gasteiger charge is 2.44. The van der Waals surface area contributed by atoms with E-state index in [-0.39, 0.29) is 0 Å². The van der Waals surface area contributed by atoms with Gasteiger partial charge in [-0.2, -0.15) is 0 Å². The summed E-state index contributed by atoms with van der Waals surface area (Å²) in [5, 5.41) is 9.37. The van der Waals surface area contributed by atoms with Crippen molar-refractivity contribution in [1.82, 2.24) is 0 Å². The van der Waals surface area contributed by atoms with E-state index in [1.165, 1.54) is 25.7 Å². The van der Waals surface area contributed by atoms with Crippen LogP contribution in [0.15, 0.2) is 18.2 Å². The van der Waals surface area contributed by atoms with Crippen molar-refractivity contribution in [2.45, 2.75) is 32.6 Å². The highest BCUT2D eigenvalue weighted by molar-refractivity contribution is 5.96. The topological polar surface area (TPSA) is 40.5 Å². The Morgan fingerprint density at radius 1 is 1.22 bits per heavy atom. The minimum Gasteiger partial charge on any atom is -0.478 e. The molecule has 0 aromatic heterocycles. The van der Waals surface area contributed by atoms with E-state index in [1.54, 1.807) is 0 Å². The molecule has 1 aromatic carbocycles. The Hall–Kier alpha value is -1.51. The lowest BCUT2D eigenvalue weighted by atomic mass is 9.92. The summed E-state index contributed by atoms with van der Waals surface area (Å²) in [6.45, 7) is 3.88. The molecule has 1 saturated heterocycles. The first-order valence-corrected chi connectivity index (χ1v) is 6.69. The number of carboxylic acid groups (broad SMARTS) is 1. The summed E-state index contributed by atoms with van der Waals surface area (Å²) in [5.41, 5.74) is 2.86. The third-order valence-electron chi connectivity index (χ3n) is 4.59. The Morgan fingerprint density at radius 2 is 1.89 bits per heavy atom.